The number of fused-ring (bicyclic) bond motifs is 1. The van der Waals surface area contributed by atoms with E-state index < -0.39 is 5.79 Å². The molecule has 0 aromatic rings. The maximum absolute atomic E-state index is 8.92. The smallest absolute Gasteiger partial charge is 0.164 e. The monoisotopic (exact) mass is 174 g/mol. The van der Waals surface area contributed by atoms with Crippen molar-refractivity contribution >= 4 is 0 Å². The lowest BCUT2D eigenvalue weighted by molar-refractivity contribution is -0.177. The van der Waals surface area contributed by atoms with Crippen molar-refractivity contribution in [2.75, 3.05) is 13.2 Å². The van der Waals surface area contributed by atoms with Crippen LogP contribution in [0.4, 0.5) is 0 Å². The Hall–Kier alpha value is -0.160. The minimum absolute atomic E-state index is 0.000602. The Morgan fingerprint density at radius 2 is 2.17 bits per heavy atom. The fraction of sp³-hybridized carbons (Fsp3) is 1.00. The second-order valence-electron chi connectivity index (χ2n) is 3.69. The van der Waals surface area contributed by atoms with Gasteiger partial charge in [-0.25, -0.2) is 0 Å². The van der Waals surface area contributed by atoms with Crippen LogP contribution in [-0.4, -0.2) is 42.4 Å². The van der Waals surface area contributed by atoms with Crippen molar-refractivity contribution in [2.45, 2.75) is 37.9 Å². The first-order chi connectivity index (χ1) is 5.62. The molecule has 2 saturated heterocycles. The average Bonchev–Trinajstić information content (AvgIpc) is 2.42. The average molecular weight is 174 g/mol. The molecule has 0 amide bonds. The van der Waals surface area contributed by atoms with E-state index in [0.717, 1.165) is 0 Å². The molecule has 0 radical (unpaired) electrons. The molecular formula is C8H14O4. The van der Waals surface area contributed by atoms with E-state index in [9.17, 15) is 0 Å². The van der Waals surface area contributed by atoms with Crippen molar-refractivity contribution in [3.05, 3.63) is 0 Å². The first kappa shape index (κ1) is 8.44. The molecule has 2 heterocycles. The molecule has 0 aromatic carbocycles. The van der Waals surface area contributed by atoms with Crippen molar-refractivity contribution < 1.29 is 19.3 Å². The predicted octanol–water partition coefficient (Wildman–Crippen LogP) is -0.102. The summed E-state index contributed by atoms with van der Waals surface area (Å²) in [5, 5.41) is 8.92. The molecule has 0 spiro atoms. The first-order valence-corrected chi connectivity index (χ1v) is 4.20. The number of hydrogen-bond donors (Lipinski definition) is 1. The van der Waals surface area contributed by atoms with Gasteiger partial charge in [-0.2, -0.15) is 0 Å². The summed E-state index contributed by atoms with van der Waals surface area (Å²) in [6.07, 6.45) is -0.307. The van der Waals surface area contributed by atoms with Gasteiger partial charge in [0.1, 0.15) is 18.3 Å². The zero-order valence-electron chi connectivity index (χ0n) is 7.32. The molecule has 0 bridgehead atoms. The van der Waals surface area contributed by atoms with Gasteiger partial charge in [-0.3, -0.25) is 0 Å². The second kappa shape index (κ2) is 2.67. The highest BCUT2D eigenvalue weighted by Gasteiger charge is 2.49. The summed E-state index contributed by atoms with van der Waals surface area (Å²) in [6, 6.07) is 0. The van der Waals surface area contributed by atoms with Gasteiger partial charge in [0.2, 0.25) is 0 Å². The number of hydrogen-bond acceptors (Lipinski definition) is 4. The molecule has 4 nitrogen and oxygen atoms in total. The predicted molar refractivity (Wildman–Crippen MR) is 40.7 cm³/mol. The van der Waals surface area contributed by atoms with Gasteiger partial charge >= 0.3 is 0 Å². The Kier molecular flexibility index (Phi) is 1.88. The summed E-state index contributed by atoms with van der Waals surface area (Å²) in [6.45, 7) is 4.28. The lowest BCUT2D eigenvalue weighted by Gasteiger charge is -2.20. The van der Waals surface area contributed by atoms with Crippen molar-refractivity contribution in [1.29, 1.82) is 0 Å². The van der Waals surface area contributed by atoms with E-state index in [4.69, 9.17) is 19.3 Å². The minimum atomic E-state index is -0.521. The molecule has 0 saturated carbocycles. The fourth-order valence-corrected chi connectivity index (χ4v) is 1.78. The van der Waals surface area contributed by atoms with Crippen molar-refractivity contribution in [3.63, 3.8) is 0 Å². The number of ether oxygens (including phenoxy) is 3. The molecule has 70 valence electrons. The second-order valence-corrected chi connectivity index (χ2v) is 3.69. The lowest BCUT2D eigenvalue weighted by atomic mass is 10.2. The molecule has 2 aliphatic rings. The largest absolute Gasteiger partial charge is 0.394 e. The lowest BCUT2D eigenvalue weighted by Crippen LogP contribution is -2.31. The highest BCUT2D eigenvalue weighted by Crippen LogP contribution is 2.34. The Morgan fingerprint density at radius 3 is 2.83 bits per heavy atom. The SMILES string of the molecule is CC1(C)OC2[C@H](CO)OC[C@H]2O1. The standard InChI is InChI=1S/C8H14O4/c1-8(2)11-6-4-10-5(3-9)7(6)12-8/h5-7,9H,3-4H2,1-2H3/t5-,6+,7?/m0/s1. The maximum atomic E-state index is 8.92. The summed E-state index contributed by atoms with van der Waals surface area (Å²) in [5.41, 5.74) is 0. The Labute approximate surface area is 71.4 Å². The molecule has 3 atom stereocenters. The third kappa shape index (κ3) is 1.25. The Balaban J connectivity index is 2.06. The van der Waals surface area contributed by atoms with Gasteiger partial charge in [-0.1, -0.05) is 0 Å². The van der Waals surface area contributed by atoms with Crippen molar-refractivity contribution in [3.8, 4) is 0 Å². The Bertz CT molecular complexity index is 180. The van der Waals surface area contributed by atoms with Crippen molar-refractivity contribution in [2.24, 2.45) is 0 Å². The van der Waals surface area contributed by atoms with Crippen LogP contribution in [0, 0.1) is 0 Å². The summed E-state index contributed by atoms with van der Waals surface area (Å²) in [5.74, 6) is -0.521. The van der Waals surface area contributed by atoms with Gasteiger partial charge in [-0.05, 0) is 13.8 Å². The maximum Gasteiger partial charge on any atom is 0.164 e. The Morgan fingerprint density at radius 1 is 1.42 bits per heavy atom. The van der Waals surface area contributed by atoms with Gasteiger partial charge < -0.3 is 19.3 Å². The number of rotatable bonds is 1. The van der Waals surface area contributed by atoms with Crippen LogP contribution in [0.1, 0.15) is 13.8 Å². The highest BCUT2D eigenvalue weighted by atomic mass is 16.8. The molecule has 0 aliphatic carbocycles. The minimum Gasteiger partial charge on any atom is -0.394 e. The van der Waals surface area contributed by atoms with Gasteiger partial charge in [0.25, 0.3) is 0 Å². The van der Waals surface area contributed by atoms with Gasteiger partial charge in [-0.15, -0.1) is 0 Å². The molecule has 1 N–H and O–H groups in total. The van der Waals surface area contributed by atoms with Gasteiger partial charge in [0, 0.05) is 0 Å². The zero-order valence-corrected chi connectivity index (χ0v) is 7.32. The van der Waals surface area contributed by atoms with E-state index in [1.807, 2.05) is 13.8 Å². The van der Waals surface area contributed by atoms with Crippen molar-refractivity contribution in [1.82, 2.24) is 0 Å². The quantitative estimate of drug-likeness (QED) is 0.603. The third-order valence-corrected chi connectivity index (χ3v) is 2.24. The first-order valence-electron chi connectivity index (χ1n) is 4.20. The molecule has 2 rings (SSSR count). The summed E-state index contributed by atoms with van der Waals surface area (Å²) in [7, 11) is 0. The highest BCUT2D eigenvalue weighted by molar-refractivity contribution is 4.91. The fourth-order valence-electron chi connectivity index (χ4n) is 1.78. The van der Waals surface area contributed by atoms with E-state index in [-0.39, 0.29) is 24.9 Å². The molecule has 12 heavy (non-hydrogen) atoms. The normalized spacial score (nSPS) is 44.8. The number of aliphatic hydroxyl groups excluding tert-OH is 1. The molecule has 1 unspecified atom stereocenters. The van der Waals surface area contributed by atoms with Crippen LogP contribution in [0.5, 0.6) is 0 Å². The van der Waals surface area contributed by atoms with Crippen LogP contribution in [0.2, 0.25) is 0 Å². The van der Waals surface area contributed by atoms with E-state index in [0.29, 0.717) is 6.61 Å². The third-order valence-electron chi connectivity index (χ3n) is 2.24. The summed E-state index contributed by atoms with van der Waals surface area (Å²) >= 11 is 0. The van der Waals surface area contributed by atoms with Crippen LogP contribution in [0.25, 0.3) is 0 Å². The van der Waals surface area contributed by atoms with Gasteiger partial charge in [0.15, 0.2) is 5.79 Å². The molecule has 2 aliphatic heterocycles. The topological polar surface area (TPSA) is 47.9 Å². The van der Waals surface area contributed by atoms with E-state index >= 15 is 0 Å². The molecular weight excluding hydrogens is 160 g/mol. The summed E-state index contributed by atoms with van der Waals surface area (Å²) in [4.78, 5) is 0. The zero-order chi connectivity index (χ0) is 8.77. The van der Waals surface area contributed by atoms with Crippen LogP contribution < -0.4 is 0 Å². The number of aliphatic hydroxyl groups is 1. The van der Waals surface area contributed by atoms with E-state index in [1.54, 1.807) is 0 Å². The van der Waals surface area contributed by atoms with Crippen LogP contribution in [0.15, 0.2) is 0 Å². The molecule has 4 heteroatoms. The van der Waals surface area contributed by atoms with E-state index in [2.05, 4.69) is 0 Å². The molecule has 2 fully saturated rings. The van der Waals surface area contributed by atoms with Gasteiger partial charge in [0.05, 0.1) is 13.2 Å². The molecule has 0 aromatic heterocycles. The van der Waals surface area contributed by atoms with Crippen LogP contribution in [0.3, 0.4) is 0 Å². The van der Waals surface area contributed by atoms with Crippen LogP contribution >= 0.6 is 0 Å². The van der Waals surface area contributed by atoms with Crippen LogP contribution in [-0.2, 0) is 14.2 Å². The van der Waals surface area contributed by atoms with E-state index in [1.165, 1.54) is 0 Å². The summed E-state index contributed by atoms with van der Waals surface area (Å²) < 4.78 is 16.4.